The highest BCUT2D eigenvalue weighted by Gasteiger charge is 2.13. The number of ether oxygens (including phenoxy) is 2. The molecule has 0 radical (unpaired) electrons. The summed E-state index contributed by atoms with van der Waals surface area (Å²) < 4.78 is 24.9. The van der Waals surface area contributed by atoms with E-state index in [0.29, 0.717) is 38.9 Å². The first-order valence-corrected chi connectivity index (χ1v) is 10.0. The Bertz CT molecular complexity index is 1220. The average Bonchev–Trinajstić information content (AvgIpc) is 2.80. The molecule has 0 aliphatic heterocycles. The summed E-state index contributed by atoms with van der Waals surface area (Å²) in [5.41, 5.74) is 2.12. The smallest absolute Gasteiger partial charge is 0.266 e. The van der Waals surface area contributed by atoms with E-state index in [9.17, 15) is 14.4 Å². The van der Waals surface area contributed by atoms with Crippen LogP contribution >= 0.6 is 11.6 Å². The van der Waals surface area contributed by atoms with Gasteiger partial charge in [-0.05, 0) is 54.5 Å². The van der Waals surface area contributed by atoms with Gasteiger partial charge in [-0.1, -0.05) is 41.9 Å². The van der Waals surface area contributed by atoms with Crippen LogP contribution in [0.15, 0.2) is 66.2 Å². The molecule has 1 amide bonds. The number of amides is 1. The van der Waals surface area contributed by atoms with Crippen molar-refractivity contribution in [1.29, 1.82) is 5.26 Å². The van der Waals surface area contributed by atoms with E-state index in [1.54, 1.807) is 61.5 Å². The van der Waals surface area contributed by atoms with Crippen molar-refractivity contribution < 1.29 is 18.7 Å². The van der Waals surface area contributed by atoms with Gasteiger partial charge in [0.05, 0.1) is 7.11 Å². The average molecular weight is 451 g/mol. The van der Waals surface area contributed by atoms with Crippen LogP contribution in [-0.2, 0) is 11.4 Å². The Hall–Kier alpha value is -3.82. The number of carbonyl (C=O) groups excluding carboxylic acids is 1. The van der Waals surface area contributed by atoms with Gasteiger partial charge < -0.3 is 14.8 Å². The van der Waals surface area contributed by atoms with E-state index in [0.717, 1.165) is 0 Å². The highest BCUT2D eigenvalue weighted by Crippen LogP contribution is 2.30. The van der Waals surface area contributed by atoms with E-state index in [2.05, 4.69) is 5.32 Å². The molecule has 0 saturated carbocycles. The molecular formula is C25H20ClFN2O3. The van der Waals surface area contributed by atoms with Crippen LogP contribution in [0.1, 0.15) is 16.7 Å². The largest absolute Gasteiger partial charge is 0.493 e. The van der Waals surface area contributed by atoms with E-state index in [1.807, 2.05) is 6.07 Å². The van der Waals surface area contributed by atoms with Gasteiger partial charge in [0.15, 0.2) is 11.5 Å². The molecule has 0 spiro atoms. The summed E-state index contributed by atoms with van der Waals surface area (Å²) in [5.74, 6) is -0.119. The fourth-order valence-electron chi connectivity index (χ4n) is 2.91. The van der Waals surface area contributed by atoms with Crippen LogP contribution < -0.4 is 14.8 Å². The molecular weight excluding hydrogens is 431 g/mol. The maximum Gasteiger partial charge on any atom is 0.266 e. The summed E-state index contributed by atoms with van der Waals surface area (Å²) in [6.07, 6.45) is 1.44. The van der Waals surface area contributed by atoms with E-state index < -0.39 is 5.91 Å². The maximum absolute atomic E-state index is 13.8. The van der Waals surface area contributed by atoms with Gasteiger partial charge in [-0.2, -0.15) is 5.26 Å². The summed E-state index contributed by atoms with van der Waals surface area (Å²) in [4.78, 5) is 12.6. The number of hydrogen-bond donors (Lipinski definition) is 1. The molecule has 0 aliphatic carbocycles. The van der Waals surface area contributed by atoms with Crippen molar-refractivity contribution in [1.82, 2.24) is 0 Å². The van der Waals surface area contributed by atoms with Gasteiger partial charge in [-0.3, -0.25) is 4.79 Å². The summed E-state index contributed by atoms with van der Waals surface area (Å²) in [7, 11) is 1.47. The summed E-state index contributed by atoms with van der Waals surface area (Å²) in [6, 6.07) is 18.3. The van der Waals surface area contributed by atoms with Crippen molar-refractivity contribution in [3.05, 3.63) is 93.8 Å². The number of halogens is 2. The minimum atomic E-state index is -0.559. The molecule has 0 fully saturated rings. The summed E-state index contributed by atoms with van der Waals surface area (Å²) in [6.45, 7) is 1.81. The first-order valence-electron chi connectivity index (χ1n) is 9.65. The van der Waals surface area contributed by atoms with E-state index in [-0.39, 0.29) is 18.0 Å². The number of nitrogens with one attached hydrogen (secondary N) is 1. The van der Waals surface area contributed by atoms with Gasteiger partial charge >= 0.3 is 0 Å². The second-order valence-electron chi connectivity index (χ2n) is 6.83. The lowest BCUT2D eigenvalue weighted by molar-refractivity contribution is -0.112. The summed E-state index contributed by atoms with van der Waals surface area (Å²) in [5, 5.41) is 12.7. The van der Waals surface area contributed by atoms with Crippen LogP contribution in [0.2, 0.25) is 5.02 Å². The zero-order chi connectivity index (χ0) is 23.1. The van der Waals surface area contributed by atoms with Crippen molar-refractivity contribution in [3.8, 4) is 17.6 Å². The molecule has 162 valence electrons. The molecule has 0 aliphatic rings. The first kappa shape index (κ1) is 22.9. The lowest BCUT2D eigenvalue weighted by Crippen LogP contribution is -2.14. The molecule has 0 aromatic heterocycles. The third-order valence-electron chi connectivity index (χ3n) is 4.72. The second kappa shape index (κ2) is 10.5. The normalized spacial score (nSPS) is 10.9. The Morgan fingerprint density at radius 3 is 2.66 bits per heavy atom. The van der Waals surface area contributed by atoms with Gasteiger partial charge in [0.1, 0.15) is 24.1 Å². The van der Waals surface area contributed by atoms with Gasteiger partial charge in [-0.25, -0.2) is 4.39 Å². The fourth-order valence-corrected chi connectivity index (χ4v) is 3.09. The van der Waals surface area contributed by atoms with Crippen LogP contribution in [0.3, 0.4) is 0 Å². The van der Waals surface area contributed by atoms with Crippen LogP contribution in [0.5, 0.6) is 11.5 Å². The van der Waals surface area contributed by atoms with Crippen molar-refractivity contribution >= 4 is 29.3 Å². The van der Waals surface area contributed by atoms with Crippen LogP contribution in [0.4, 0.5) is 10.1 Å². The molecule has 1 N–H and O–H groups in total. The Kier molecular flexibility index (Phi) is 7.48. The number of anilines is 1. The molecule has 0 atom stereocenters. The number of rotatable bonds is 7. The molecule has 0 bridgehead atoms. The first-order chi connectivity index (χ1) is 15.4. The van der Waals surface area contributed by atoms with E-state index in [1.165, 1.54) is 19.3 Å². The van der Waals surface area contributed by atoms with E-state index >= 15 is 0 Å². The monoisotopic (exact) mass is 450 g/mol. The van der Waals surface area contributed by atoms with E-state index in [4.69, 9.17) is 21.1 Å². The number of benzene rings is 3. The Morgan fingerprint density at radius 1 is 1.16 bits per heavy atom. The zero-order valence-corrected chi connectivity index (χ0v) is 18.2. The highest BCUT2D eigenvalue weighted by molar-refractivity contribution is 6.31. The quantitative estimate of drug-likeness (QED) is 0.358. The molecule has 3 aromatic rings. The lowest BCUT2D eigenvalue weighted by atomic mass is 10.1. The third-order valence-corrected chi connectivity index (χ3v) is 5.13. The molecule has 3 rings (SSSR count). The highest BCUT2D eigenvalue weighted by atomic mass is 35.5. The zero-order valence-electron chi connectivity index (χ0n) is 17.5. The minimum Gasteiger partial charge on any atom is -0.493 e. The Balaban J connectivity index is 1.78. The molecule has 7 heteroatoms. The number of methoxy groups -OCH3 is 1. The number of hydrogen-bond acceptors (Lipinski definition) is 4. The third kappa shape index (κ3) is 5.45. The summed E-state index contributed by atoms with van der Waals surface area (Å²) >= 11 is 6.08. The van der Waals surface area contributed by atoms with Crippen LogP contribution in [0, 0.1) is 24.1 Å². The van der Waals surface area contributed by atoms with Gasteiger partial charge in [0, 0.05) is 16.3 Å². The molecule has 0 saturated heterocycles. The van der Waals surface area contributed by atoms with Gasteiger partial charge in [0.25, 0.3) is 5.91 Å². The predicted molar refractivity (Wildman–Crippen MR) is 122 cm³/mol. The van der Waals surface area contributed by atoms with Gasteiger partial charge in [-0.15, -0.1) is 0 Å². The minimum absolute atomic E-state index is 0.0308. The molecule has 0 unspecified atom stereocenters. The molecule has 32 heavy (non-hydrogen) atoms. The Morgan fingerprint density at radius 2 is 1.94 bits per heavy atom. The molecule has 3 aromatic carbocycles. The van der Waals surface area contributed by atoms with Crippen molar-refractivity contribution in [2.75, 3.05) is 12.4 Å². The van der Waals surface area contributed by atoms with Crippen molar-refractivity contribution in [2.24, 2.45) is 0 Å². The van der Waals surface area contributed by atoms with Gasteiger partial charge in [0.2, 0.25) is 0 Å². The van der Waals surface area contributed by atoms with Crippen LogP contribution in [-0.4, -0.2) is 13.0 Å². The lowest BCUT2D eigenvalue weighted by Gasteiger charge is -2.12. The second-order valence-corrected chi connectivity index (χ2v) is 7.23. The maximum atomic E-state index is 13.8. The topological polar surface area (TPSA) is 71.3 Å². The molecule has 0 heterocycles. The number of carbonyl (C=O) groups is 1. The standard InChI is InChI=1S/C25H20ClFN2O3/c1-16-20(26)7-5-9-22(16)29-25(30)19(14-28)12-17-10-11-23(24(13-17)31-2)32-15-18-6-3-4-8-21(18)27/h3-13H,15H2,1-2H3,(H,29,30)/b19-12+. The number of nitriles is 1. The SMILES string of the molecule is COc1cc(/C=C(\C#N)C(=O)Nc2cccc(Cl)c2C)ccc1OCc1ccccc1F. The number of nitrogens with zero attached hydrogens (tertiary/aromatic N) is 1. The predicted octanol–water partition coefficient (Wildman–Crippen LogP) is 5.92. The molecule has 5 nitrogen and oxygen atoms in total. The van der Waals surface area contributed by atoms with Crippen LogP contribution in [0.25, 0.3) is 6.08 Å². The van der Waals surface area contributed by atoms with Crippen molar-refractivity contribution in [3.63, 3.8) is 0 Å². The Labute approximate surface area is 190 Å². The fraction of sp³-hybridized carbons (Fsp3) is 0.120. The van der Waals surface area contributed by atoms with Crippen molar-refractivity contribution in [2.45, 2.75) is 13.5 Å².